The molecule has 10 atom stereocenters. The van der Waals surface area contributed by atoms with Crippen LogP contribution in [0.3, 0.4) is 0 Å². The minimum Gasteiger partial charge on any atom is -0.481 e. The van der Waals surface area contributed by atoms with Gasteiger partial charge in [0.2, 0.25) is 12.6 Å². The first-order chi connectivity index (χ1) is 38.2. The van der Waals surface area contributed by atoms with E-state index in [9.17, 15) is 60.7 Å². The molecule has 0 saturated carbocycles. The van der Waals surface area contributed by atoms with Gasteiger partial charge >= 0.3 is 11.9 Å². The van der Waals surface area contributed by atoms with Gasteiger partial charge in [0.05, 0.1) is 26.1 Å². The average Bonchev–Trinajstić information content (AvgIpc) is 3.51. The molecule has 0 spiro atoms. The Balaban J connectivity index is 0.730. The summed E-state index contributed by atoms with van der Waals surface area (Å²) < 4.78 is 23.5. The van der Waals surface area contributed by atoms with Crippen LogP contribution in [0.1, 0.15) is 92.9 Å². The lowest BCUT2D eigenvalue weighted by Gasteiger charge is -2.39. The van der Waals surface area contributed by atoms with Crippen molar-refractivity contribution in [1.29, 1.82) is 0 Å². The quantitative estimate of drug-likeness (QED) is 0.0386. The van der Waals surface area contributed by atoms with Gasteiger partial charge in [0.1, 0.15) is 60.3 Å². The molecule has 4 aromatic carbocycles. The predicted octanol–water partition coefficient (Wildman–Crippen LogP) is 4.57. The Kier molecular flexibility index (Phi) is 22.1. The Morgan fingerprint density at radius 1 is 0.481 bits per heavy atom. The molecular formula is C61H82N2O16. The molecule has 4 heterocycles. The molecular weight excluding hydrogens is 1020 g/mol. The van der Waals surface area contributed by atoms with E-state index in [1.807, 2.05) is 36.4 Å². The molecule has 10 N–H and O–H groups in total. The molecule has 0 bridgehead atoms. The van der Waals surface area contributed by atoms with Crippen LogP contribution >= 0.6 is 0 Å². The molecule has 4 aromatic rings. The number of aryl methyl sites for hydroxylation is 2. The Bertz CT molecular complexity index is 2390. The molecule has 0 amide bonds. The third-order valence-electron chi connectivity index (χ3n) is 16.5. The number of aliphatic hydroxyl groups is 8. The average molecular weight is 1100 g/mol. The van der Waals surface area contributed by atoms with Gasteiger partial charge < -0.3 is 79.8 Å². The monoisotopic (exact) mass is 1100 g/mol. The molecule has 18 heteroatoms. The van der Waals surface area contributed by atoms with Gasteiger partial charge in [-0.2, -0.15) is 0 Å². The Labute approximate surface area is 462 Å². The summed E-state index contributed by atoms with van der Waals surface area (Å²) >= 11 is 0. The van der Waals surface area contributed by atoms with Crippen molar-refractivity contribution in [3.63, 3.8) is 0 Å². The van der Waals surface area contributed by atoms with Gasteiger partial charge in [-0.15, -0.1) is 0 Å². The zero-order chi connectivity index (χ0) is 56.0. The van der Waals surface area contributed by atoms with Crippen LogP contribution in [0.15, 0.2) is 84.9 Å². The second kappa shape index (κ2) is 29.1. The number of hydrogen-bond donors (Lipinski definition) is 10. The lowest BCUT2D eigenvalue weighted by atomic mass is 9.86. The van der Waals surface area contributed by atoms with Crippen molar-refractivity contribution in [2.45, 2.75) is 158 Å². The van der Waals surface area contributed by atoms with Gasteiger partial charge in [-0.3, -0.25) is 9.59 Å². The zero-order valence-corrected chi connectivity index (χ0v) is 45.1. The summed E-state index contributed by atoms with van der Waals surface area (Å²) in [6, 6.07) is 25.9. The highest BCUT2D eigenvalue weighted by Gasteiger charge is 2.46. The van der Waals surface area contributed by atoms with Crippen LogP contribution < -0.4 is 9.47 Å². The SMILES string of the molecule is O=C(O)Cc1cccc(-c2cc(CCCCN3CCC(CCCC4CCN(CCCCc5ccc(O[C@@H]6O[C@@H](CO)[C@H](O)[C@@H](O)[C@H]6O)c(-c6cccc(CC(=O)O)c6)c5)CC4)CC3)ccc2O[C@H]2O[C@H](CO)[C@@H](O)[C@H](O)[C@@H]2O)c1. The van der Waals surface area contributed by atoms with Crippen LogP contribution in [-0.4, -0.2) is 187 Å². The Morgan fingerprint density at radius 2 is 0.886 bits per heavy atom. The Morgan fingerprint density at radius 3 is 1.27 bits per heavy atom. The van der Waals surface area contributed by atoms with E-state index in [2.05, 4.69) is 9.80 Å². The van der Waals surface area contributed by atoms with Crippen molar-refractivity contribution in [2.24, 2.45) is 11.8 Å². The third-order valence-corrected chi connectivity index (χ3v) is 16.5. The van der Waals surface area contributed by atoms with Gasteiger partial charge in [0.25, 0.3) is 0 Å². The van der Waals surface area contributed by atoms with Crippen LogP contribution in [0.2, 0.25) is 0 Å². The number of nitrogens with zero attached hydrogens (tertiary/aromatic N) is 2. The van der Waals surface area contributed by atoms with Crippen molar-refractivity contribution in [3.8, 4) is 33.8 Å². The van der Waals surface area contributed by atoms with E-state index < -0.39 is 86.6 Å². The first-order valence-corrected chi connectivity index (χ1v) is 28.4. The van der Waals surface area contributed by atoms with Gasteiger partial charge in [-0.1, -0.05) is 79.9 Å². The first kappa shape index (κ1) is 60.0. The predicted molar refractivity (Wildman–Crippen MR) is 293 cm³/mol. The number of benzene rings is 4. The zero-order valence-electron chi connectivity index (χ0n) is 45.1. The Hall–Kier alpha value is -5.06. The van der Waals surface area contributed by atoms with E-state index >= 15 is 0 Å². The van der Waals surface area contributed by atoms with E-state index in [-0.39, 0.29) is 12.8 Å². The molecule has 4 saturated heterocycles. The van der Waals surface area contributed by atoms with Crippen LogP contribution in [0.4, 0.5) is 0 Å². The molecule has 4 aliphatic rings. The van der Waals surface area contributed by atoms with Crippen LogP contribution in [0.25, 0.3) is 22.3 Å². The largest absolute Gasteiger partial charge is 0.481 e. The number of ether oxygens (including phenoxy) is 4. The van der Waals surface area contributed by atoms with E-state index in [1.54, 1.807) is 48.5 Å². The van der Waals surface area contributed by atoms with Crippen molar-refractivity contribution in [2.75, 3.05) is 52.5 Å². The third kappa shape index (κ3) is 16.5. The fourth-order valence-electron chi connectivity index (χ4n) is 11.8. The summed E-state index contributed by atoms with van der Waals surface area (Å²) in [5.74, 6) is 0.354. The summed E-state index contributed by atoms with van der Waals surface area (Å²) in [6.07, 6.45) is -0.0910. The number of likely N-dealkylation sites (tertiary alicyclic amines) is 2. The number of aliphatic carboxylic acids is 2. The maximum Gasteiger partial charge on any atom is 0.307 e. The number of rotatable bonds is 26. The molecule has 0 radical (unpaired) electrons. The maximum absolute atomic E-state index is 11.5. The molecule has 8 rings (SSSR count). The highest BCUT2D eigenvalue weighted by molar-refractivity contribution is 5.76. The molecule has 4 fully saturated rings. The minimum atomic E-state index is -1.59. The number of carbonyl (C=O) groups is 2. The number of carboxylic acids is 2. The summed E-state index contributed by atoms with van der Waals surface area (Å²) in [5.41, 5.74) is 6.18. The highest BCUT2D eigenvalue weighted by Crippen LogP contribution is 2.37. The standard InChI is InChI=1S/C61H82N2O16/c64-36-50-54(70)56(72)58(74)60(78-50)76-48-18-16-40(32-46(48)44-14-6-12-42(30-44)34-52(66)67)8-1-3-24-62-26-20-38(21-27-62)10-5-11-39-22-28-63(29-23-39)25-4-2-9-41-17-19-49(77-61-59(75)57(73)55(71)51(37-65)79-61)47(33-41)45-15-7-13-43(31-45)35-53(68)69/h6-7,12-19,30-33,38-39,50-51,54-61,64-65,70-75H,1-5,8-11,20-29,34-37H2,(H,66,67)(H,68,69)/t50-,51+,54-,55+,56+,57-,58+,59-,60+,61-. The fourth-order valence-corrected chi connectivity index (χ4v) is 11.8. The van der Waals surface area contributed by atoms with E-state index in [0.717, 1.165) is 112 Å². The van der Waals surface area contributed by atoms with Crippen LogP contribution in [0, 0.1) is 11.8 Å². The molecule has 4 aliphatic heterocycles. The summed E-state index contributed by atoms with van der Waals surface area (Å²) in [4.78, 5) is 28.2. The van der Waals surface area contributed by atoms with Crippen LogP contribution in [0.5, 0.6) is 11.5 Å². The number of aliphatic hydroxyl groups excluding tert-OH is 8. The summed E-state index contributed by atoms with van der Waals surface area (Å²) in [5, 5.41) is 101. The maximum atomic E-state index is 11.5. The smallest absolute Gasteiger partial charge is 0.307 e. The summed E-state index contributed by atoms with van der Waals surface area (Å²) in [7, 11) is 0. The van der Waals surface area contributed by atoms with Crippen molar-refractivity contribution < 1.29 is 79.6 Å². The number of unbranched alkanes of at least 4 members (excludes halogenated alkanes) is 2. The first-order valence-electron chi connectivity index (χ1n) is 28.4. The molecule has 432 valence electrons. The van der Waals surface area contributed by atoms with E-state index in [1.165, 1.54) is 44.9 Å². The van der Waals surface area contributed by atoms with Crippen LogP contribution in [-0.2, 0) is 44.7 Å². The molecule has 79 heavy (non-hydrogen) atoms. The molecule has 0 unspecified atom stereocenters. The summed E-state index contributed by atoms with van der Waals surface area (Å²) in [6.45, 7) is 5.42. The fraction of sp³-hybridized carbons (Fsp3) is 0.574. The number of piperidine rings is 2. The van der Waals surface area contributed by atoms with Crippen molar-refractivity contribution >= 4 is 11.9 Å². The van der Waals surface area contributed by atoms with Crippen molar-refractivity contribution in [3.05, 3.63) is 107 Å². The second-order valence-electron chi connectivity index (χ2n) is 22.2. The van der Waals surface area contributed by atoms with E-state index in [0.29, 0.717) is 33.8 Å². The van der Waals surface area contributed by atoms with Gasteiger partial charge in [-0.05, 0) is 173 Å². The lowest BCUT2D eigenvalue weighted by Crippen LogP contribution is -2.60. The van der Waals surface area contributed by atoms with Gasteiger partial charge in [0.15, 0.2) is 0 Å². The van der Waals surface area contributed by atoms with E-state index in [4.69, 9.17) is 18.9 Å². The number of hydrogen-bond acceptors (Lipinski definition) is 16. The second-order valence-corrected chi connectivity index (χ2v) is 22.2. The minimum absolute atomic E-state index is 0.149. The lowest BCUT2D eigenvalue weighted by molar-refractivity contribution is -0.277. The van der Waals surface area contributed by atoms with Gasteiger partial charge in [0, 0.05) is 11.1 Å². The molecule has 18 nitrogen and oxygen atoms in total. The van der Waals surface area contributed by atoms with Gasteiger partial charge in [-0.25, -0.2) is 0 Å². The normalized spacial score (nSPS) is 26.5. The number of carboxylic acid groups (broad SMARTS) is 2. The van der Waals surface area contributed by atoms with Crippen molar-refractivity contribution in [1.82, 2.24) is 9.80 Å². The highest BCUT2D eigenvalue weighted by atomic mass is 16.7. The molecule has 0 aliphatic carbocycles. The molecule has 0 aromatic heterocycles. The topological polar surface area (TPSA) is 280 Å².